The van der Waals surface area contributed by atoms with E-state index in [4.69, 9.17) is 5.73 Å². The molecule has 0 saturated heterocycles. The molecule has 0 bridgehead atoms. The summed E-state index contributed by atoms with van der Waals surface area (Å²) in [6.45, 7) is 1.84. The molecule has 5 heteroatoms. The van der Waals surface area contributed by atoms with Crippen LogP contribution in [0.15, 0.2) is 6.20 Å². The summed E-state index contributed by atoms with van der Waals surface area (Å²) in [7, 11) is 0. The van der Waals surface area contributed by atoms with Crippen molar-refractivity contribution in [1.29, 1.82) is 0 Å². The Labute approximate surface area is 75.9 Å². The van der Waals surface area contributed by atoms with Crippen LogP contribution < -0.4 is 5.73 Å². The second-order valence-corrected chi connectivity index (χ2v) is 3.55. The predicted molar refractivity (Wildman–Crippen MR) is 45.8 cm³/mol. The van der Waals surface area contributed by atoms with E-state index in [1.165, 1.54) is 0 Å². The zero-order valence-electron chi connectivity index (χ0n) is 7.53. The van der Waals surface area contributed by atoms with Crippen LogP contribution in [-0.4, -0.2) is 20.9 Å². The molecule has 0 aliphatic heterocycles. The third-order valence-electron chi connectivity index (χ3n) is 2.69. The van der Waals surface area contributed by atoms with Gasteiger partial charge in [0.15, 0.2) is 0 Å². The number of primary amides is 1. The fraction of sp³-hybridized carbons (Fsp3) is 0.625. The average molecular weight is 180 g/mol. The second-order valence-electron chi connectivity index (χ2n) is 3.55. The van der Waals surface area contributed by atoms with Crippen molar-refractivity contribution in [1.82, 2.24) is 15.0 Å². The molecule has 2 N–H and O–H groups in total. The van der Waals surface area contributed by atoms with Crippen molar-refractivity contribution in [3.8, 4) is 0 Å². The number of hydrogen-bond acceptors (Lipinski definition) is 3. The molecule has 0 spiro atoms. The smallest absolute Gasteiger partial charge is 0.245 e. The van der Waals surface area contributed by atoms with E-state index in [9.17, 15) is 4.79 Å². The highest BCUT2D eigenvalue weighted by Crippen LogP contribution is 2.38. The largest absolute Gasteiger partial charge is 0.368 e. The monoisotopic (exact) mass is 180 g/mol. The van der Waals surface area contributed by atoms with Crippen LogP contribution in [0.1, 0.15) is 25.0 Å². The Bertz CT molecular complexity index is 340. The van der Waals surface area contributed by atoms with Crippen molar-refractivity contribution < 1.29 is 4.79 Å². The highest BCUT2D eigenvalue weighted by Gasteiger charge is 2.45. The lowest BCUT2D eigenvalue weighted by Gasteiger charge is -2.38. The molecule has 0 radical (unpaired) electrons. The summed E-state index contributed by atoms with van der Waals surface area (Å²) in [4.78, 5) is 11.2. The first-order valence-corrected chi connectivity index (χ1v) is 4.34. The van der Waals surface area contributed by atoms with E-state index < -0.39 is 5.54 Å². The molecule has 70 valence electrons. The molecule has 1 amide bonds. The van der Waals surface area contributed by atoms with Crippen LogP contribution in [0.4, 0.5) is 0 Å². The van der Waals surface area contributed by atoms with Crippen molar-refractivity contribution in [3.63, 3.8) is 0 Å². The van der Waals surface area contributed by atoms with Crippen molar-refractivity contribution in [2.75, 3.05) is 0 Å². The third kappa shape index (κ3) is 1.03. The zero-order chi connectivity index (χ0) is 9.47. The van der Waals surface area contributed by atoms with Gasteiger partial charge >= 0.3 is 0 Å². The van der Waals surface area contributed by atoms with E-state index in [1.54, 1.807) is 10.9 Å². The lowest BCUT2D eigenvalue weighted by Crippen LogP contribution is -2.51. The molecule has 1 fully saturated rings. The molecule has 0 aromatic carbocycles. The maximum Gasteiger partial charge on any atom is 0.245 e. The first-order chi connectivity index (χ1) is 6.15. The molecule has 5 nitrogen and oxygen atoms in total. The molecular formula is C8H12N4O. The molecule has 0 unspecified atom stereocenters. The maximum absolute atomic E-state index is 11.2. The Kier molecular flexibility index (Phi) is 1.61. The molecule has 1 aromatic rings. The zero-order valence-corrected chi connectivity index (χ0v) is 7.53. The van der Waals surface area contributed by atoms with Crippen LogP contribution in [0, 0.1) is 6.92 Å². The summed E-state index contributed by atoms with van der Waals surface area (Å²) in [6, 6.07) is 0. The van der Waals surface area contributed by atoms with Crippen molar-refractivity contribution >= 4 is 5.91 Å². The van der Waals surface area contributed by atoms with Gasteiger partial charge in [0.2, 0.25) is 5.91 Å². The van der Waals surface area contributed by atoms with E-state index in [1.807, 2.05) is 6.92 Å². The molecular weight excluding hydrogens is 168 g/mol. The SMILES string of the molecule is Cc1cn(C2(C(N)=O)CCC2)nn1. The van der Waals surface area contributed by atoms with E-state index in [0.717, 1.165) is 25.0 Å². The highest BCUT2D eigenvalue weighted by atomic mass is 16.1. The minimum atomic E-state index is -0.582. The average Bonchev–Trinajstić information content (AvgIpc) is 2.32. The molecule has 1 aliphatic carbocycles. The number of nitrogens with zero attached hydrogens (tertiary/aromatic N) is 3. The molecule has 13 heavy (non-hydrogen) atoms. The van der Waals surface area contributed by atoms with Crippen LogP contribution >= 0.6 is 0 Å². The van der Waals surface area contributed by atoms with Crippen LogP contribution in [0.5, 0.6) is 0 Å². The number of nitrogens with two attached hydrogens (primary N) is 1. The molecule has 0 atom stereocenters. The van der Waals surface area contributed by atoms with Crippen LogP contribution in [0.2, 0.25) is 0 Å². The Hall–Kier alpha value is -1.39. The summed E-state index contributed by atoms with van der Waals surface area (Å²) >= 11 is 0. The highest BCUT2D eigenvalue weighted by molar-refractivity contribution is 5.83. The van der Waals surface area contributed by atoms with Gasteiger partial charge in [-0.25, -0.2) is 4.68 Å². The topological polar surface area (TPSA) is 73.8 Å². The van der Waals surface area contributed by atoms with E-state index in [2.05, 4.69) is 10.3 Å². The number of aromatic nitrogens is 3. The van der Waals surface area contributed by atoms with Crippen molar-refractivity contribution in [2.24, 2.45) is 5.73 Å². The van der Waals surface area contributed by atoms with Gasteiger partial charge in [0.25, 0.3) is 0 Å². The van der Waals surface area contributed by atoms with E-state index in [0.29, 0.717) is 0 Å². The number of rotatable bonds is 2. The van der Waals surface area contributed by atoms with E-state index >= 15 is 0 Å². The number of hydrogen-bond donors (Lipinski definition) is 1. The van der Waals surface area contributed by atoms with Gasteiger partial charge in [-0.15, -0.1) is 5.10 Å². The fourth-order valence-corrected chi connectivity index (χ4v) is 1.66. The first kappa shape index (κ1) is 8.22. The number of amides is 1. The summed E-state index contributed by atoms with van der Waals surface area (Å²) < 4.78 is 1.61. The van der Waals surface area contributed by atoms with Crippen molar-refractivity contribution in [2.45, 2.75) is 31.7 Å². The fourth-order valence-electron chi connectivity index (χ4n) is 1.66. The number of aryl methyl sites for hydroxylation is 1. The summed E-state index contributed by atoms with van der Waals surface area (Å²) in [6.07, 6.45) is 4.36. The van der Waals surface area contributed by atoms with Crippen LogP contribution in [-0.2, 0) is 10.3 Å². The number of carbonyl (C=O) groups is 1. The van der Waals surface area contributed by atoms with Gasteiger partial charge in [0.05, 0.1) is 5.69 Å². The molecule has 1 heterocycles. The van der Waals surface area contributed by atoms with Gasteiger partial charge in [0.1, 0.15) is 5.54 Å². The Morgan fingerprint density at radius 3 is 2.69 bits per heavy atom. The van der Waals surface area contributed by atoms with Crippen LogP contribution in [0.3, 0.4) is 0 Å². The molecule has 1 saturated carbocycles. The lowest BCUT2D eigenvalue weighted by atomic mass is 9.76. The lowest BCUT2D eigenvalue weighted by molar-refractivity contribution is -0.131. The molecule has 1 aromatic heterocycles. The summed E-state index contributed by atoms with van der Waals surface area (Å²) in [5.41, 5.74) is 5.58. The second kappa shape index (κ2) is 2.55. The molecule has 1 aliphatic rings. The third-order valence-corrected chi connectivity index (χ3v) is 2.69. The van der Waals surface area contributed by atoms with Gasteiger partial charge < -0.3 is 5.73 Å². The minimum absolute atomic E-state index is 0.302. The van der Waals surface area contributed by atoms with Gasteiger partial charge in [-0.3, -0.25) is 4.79 Å². The Balaban J connectivity index is 2.37. The summed E-state index contributed by atoms with van der Waals surface area (Å²) in [5.74, 6) is -0.302. The minimum Gasteiger partial charge on any atom is -0.368 e. The van der Waals surface area contributed by atoms with Gasteiger partial charge in [-0.05, 0) is 26.2 Å². The normalized spacial score (nSPS) is 19.5. The van der Waals surface area contributed by atoms with Gasteiger partial charge in [0, 0.05) is 6.20 Å². The van der Waals surface area contributed by atoms with E-state index in [-0.39, 0.29) is 5.91 Å². The van der Waals surface area contributed by atoms with Gasteiger partial charge in [-0.2, -0.15) is 0 Å². The number of carbonyl (C=O) groups excluding carboxylic acids is 1. The quantitative estimate of drug-likeness (QED) is 0.693. The first-order valence-electron chi connectivity index (χ1n) is 4.34. The predicted octanol–water partition coefficient (Wildman–Crippen LogP) is -0.0490. The van der Waals surface area contributed by atoms with Crippen LogP contribution in [0.25, 0.3) is 0 Å². The Morgan fingerprint density at radius 1 is 1.69 bits per heavy atom. The van der Waals surface area contributed by atoms with Gasteiger partial charge in [-0.1, -0.05) is 5.21 Å². The standard InChI is InChI=1S/C8H12N4O/c1-6-5-12(11-10-6)8(7(9)13)3-2-4-8/h5H,2-4H2,1H3,(H2,9,13). The maximum atomic E-state index is 11.2. The summed E-state index contributed by atoms with van der Waals surface area (Å²) in [5, 5.41) is 7.75. The Morgan fingerprint density at radius 2 is 2.38 bits per heavy atom. The van der Waals surface area contributed by atoms with Crippen molar-refractivity contribution in [3.05, 3.63) is 11.9 Å². The molecule has 2 rings (SSSR count).